The Kier molecular flexibility index (Phi) is 3.73. The number of hydrogen-bond acceptors (Lipinski definition) is 4. The smallest absolute Gasteiger partial charge is 0.0429 e. The van der Waals surface area contributed by atoms with Gasteiger partial charge in [-0.15, -0.1) is 45.3 Å². The van der Waals surface area contributed by atoms with Gasteiger partial charge < -0.3 is 0 Å². The van der Waals surface area contributed by atoms with E-state index in [4.69, 9.17) is 0 Å². The molecule has 0 bridgehead atoms. The van der Waals surface area contributed by atoms with Crippen LogP contribution in [0.15, 0.2) is 83.6 Å². The second-order valence-corrected chi connectivity index (χ2v) is 11.4. The molecule has 0 aliphatic heterocycles. The zero-order valence-corrected chi connectivity index (χ0v) is 19.0. The molecule has 7 aromatic rings. The van der Waals surface area contributed by atoms with Crippen LogP contribution in [0, 0.1) is 0 Å². The summed E-state index contributed by atoms with van der Waals surface area (Å²) < 4.78 is 5.50. The fourth-order valence-corrected chi connectivity index (χ4v) is 8.45. The largest absolute Gasteiger partial charge is 0.143 e. The van der Waals surface area contributed by atoms with Crippen molar-refractivity contribution in [3.05, 3.63) is 83.6 Å². The minimum atomic E-state index is 1.34. The third-order valence-corrected chi connectivity index (χ3v) is 9.83. The van der Waals surface area contributed by atoms with Gasteiger partial charge in [-0.3, -0.25) is 0 Å². The maximum atomic E-state index is 2.38. The molecular weight excluding hydrogens is 441 g/mol. The predicted octanol–water partition coefficient (Wildman–Crippen LogP) is 9.88. The molecule has 0 atom stereocenters. The molecule has 0 N–H and O–H groups in total. The molecule has 3 aromatic carbocycles. The summed E-state index contributed by atoms with van der Waals surface area (Å²) in [5.74, 6) is 0. The maximum absolute atomic E-state index is 2.38. The van der Waals surface area contributed by atoms with Crippen LogP contribution in [0.25, 0.3) is 61.2 Å². The van der Waals surface area contributed by atoms with Gasteiger partial charge in [0, 0.05) is 39.7 Å². The zero-order valence-electron chi connectivity index (χ0n) is 15.7. The first-order valence-corrected chi connectivity index (χ1v) is 13.1. The molecule has 4 heterocycles. The number of hydrogen-bond donors (Lipinski definition) is 0. The van der Waals surface area contributed by atoms with E-state index in [0.717, 1.165) is 0 Å². The van der Waals surface area contributed by atoms with E-state index in [-0.39, 0.29) is 0 Å². The maximum Gasteiger partial charge on any atom is 0.0429 e. The van der Waals surface area contributed by atoms with E-state index in [1.165, 1.54) is 61.2 Å². The van der Waals surface area contributed by atoms with Crippen molar-refractivity contribution < 1.29 is 0 Å². The highest BCUT2D eigenvalue weighted by atomic mass is 32.1. The standard InChI is InChI=1S/C26H14S4/c1-3-15-7-9-27-25(15)19(5-1)23-13-17-11-22-18(12-21(17)29-23)14-24(30-22)20-6-2-4-16-8-10-28-26(16)20/h1-14H. The quantitative estimate of drug-likeness (QED) is 0.244. The Morgan fingerprint density at radius 2 is 0.967 bits per heavy atom. The highest BCUT2D eigenvalue weighted by Crippen LogP contribution is 2.44. The third-order valence-electron chi connectivity index (χ3n) is 5.64. The van der Waals surface area contributed by atoms with Crippen LogP contribution in [0.2, 0.25) is 0 Å². The van der Waals surface area contributed by atoms with Gasteiger partial charge in [0.2, 0.25) is 0 Å². The Morgan fingerprint density at radius 3 is 1.47 bits per heavy atom. The molecular formula is C26H14S4. The van der Waals surface area contributed by atoms with Crippen molar-refractivity contribution in [2.24, 2.45) is 0 Å². The van der Waals surface area contributed by atoms with Gasteiger partial charge in [-0.05, 0) is 68.7 Å². The first-order valence-electron chi connectivity index (χ1n) is 9.74. The summed E-state index contributed by atoms with van der Waals surface area (Å²) in [6.07, 6.45) is 0. The average Bonchev–Trinajstić information content (AvgIpc) is 3.55. The van der Waals surface area contributed by atoms with Crippen molar-refractivity contribution >= 4 is 85.7 Å². The molecule has 0 radical (unpaired) electrons. The SMILES string of the molecule is c1cc(-c2cc3cc4sc(-c5cccc6ccsc56)cc4cc3s2)c2sccc2c1. The fraction of sp³-hybridized carbons (Fsp3) is 0. The van der Waals surface area contributed by atoms with Crippen LogP contribution >= 0.6 is 45.3 Å². The lowest BCUT2D eigenvalue weighted by Gasteiger charge is -1.99. The minimum absolute atomic E-state index is 1.34. The van der Waals surface area contributed by atoms with Crippen LogP contribution in [0.4, 0.5) is 0 Å². The molecule has 0 aliphatic carbocycles. The van der Waals surface area contributed by atoms with Crippen molar-refractivity contribution in [1.82, 2.24) is 0 Å². The van der Waals surface area contributed by atoms with Crippen LogP contribution in [0.3, 0.4) is 0 Å². The molecule has 0 saturated carbocycles. The number of fused-ring (bicyclic) bond motifs is 4. The van der Waals surface area contributed by atoms with Gasteiger partial charge >= 0.3 is 0 Å². The van der Waals surface area contributed by atoms with Crippen molar-refractivity contribution in [3.63, 3.8) is 0 Å². The zero-order chi connectivity index (χ0) is 19.7. The van der Waals surface area contributed by atoms with Crippen molar-refractivity contribution in [2.45, 2.75) is 0 Å². The predicted molar refractivity (Wildman–Crippen MR) is 139 cm³/mol. The Morgan fingerprint density at radius 1 is 0.467 bits per heavy atom. The second kappa shape index (κ2) is 6.50. The summed E-state index contributed by atoms with van der Waals surface area (Å²) in [7, 11) is 0. The number of thiophene rings is 4. The van der Waals surface area contributed by atoms with Crippen molar-refractivity contribution in [3.8, 4) is 20.9 Å². The summed E-state index contributed by atoms with van der Waals surface area (Å²) in [5.41, 5.74) is 2.72. The first kappa shape index (κ1) is 17.2. The van der Waals surface area contributed by atoms with Crippen LogP contribution in [-0.4, -0.2) is 0 Å². The van der Waals surface area contributed by atoms with Gasteiger partial charge in [-0.2, -0.15) is 0 Å². The molecule has 7 rings (SSSR count). The van der Waals surface area contributed by atoms with E-state index in [9.17, 15) is 0 Å². The Hall–Kier alpha value is -2.50. The molecule has 142 valence electrons. The lowest BCUT2D eigenvalue weighted by Crippen LogP contribution is -1.71. The number of rotatable bonds is 2. The summed E-state index contributed by atoms with van der Waals surface area (Å²) in [4.78, 5) is 2.72. The van der Waals surface area contributed by atoms with Gasteiger partial charge in [0.25, 0.3) is 0 Å². The van der Waals surface area contributed by atoms with E-state index >= 15 is 0 Å². The van der Waals surface area contributed by atoms with Gasteiger partial charge in [0.1, 0.15) is 0 Å². The van der Waals surface area contributed by atoms with Crippen LogP contribution in [0.5, 0.6) is 0 Å². The lowest BCUT2D eigenvalue weighted by molar-refractivity contribution is 1.82. The summed E-state index contributed by atoms with van der Waals surface area (Å²) >= 11 is 7.48. The topological polar surface area (TPSA) is 0 Å². The monoisotopic (exact) mass is 454 g/mol. The van der Waals surface area contributed by atoms with Gasteiger partial charge in [-0.25, -0.2) is 0 Å². The highest BCUT2D eigenvalue weighted by Gasteiger charge is 2.13. The Labute approximate surface area is 189 Å². The van der Waals surface area contributed by atoms with E-state index in [1.807, 2.05) is 45.3 Å². The van der Waals surface area contributed by atoms with Crippen molar-refractivity contribution in [2.75, 3.05) is 0 Å². The normalized spacial score (nSPS) is 12.0. The molecule has 0 amide bonds. The van der Waals surface area contributed by atoms with Gasteiger partial charge in [-0.1, -0.05) is 36.4 Å². The molecule has 0 aliphatic rings. The van der Waals surface area contributed by atoms with Gasteiger partial charge in [0.15, 0.2) is 0 Å². The van der Waals surface area contributed by atoms with E-state index in [1.54, 1.807) is 0 Å². The molecule has 4 aromatic heterocycles. The molecule has 30 heavy (non-hydrogen) atoms. The first-order chi connectivity index (χ1) is 14.8. The van der Waals surface area contributed by atoms with Crippen molar-refractivity contribution in [1.29, 1.82) is 0 Å². The van der Waals surface area contributed by atoms with Gasteiger partial charge in [0.05, 0.1) is 0 Å². The van der Waals surface area contributed by atoms with Crippen LogP contribution in [-0.2, 0) is 0 Å². The molecule has 0 spiro atoms. The third kappa shape index (κ3) is 2.55. The minimum Gasteiger partial charge on any atom is -0.143 e. The fourth-order valence-electron chi connectivity index (χ4n) is 4.21. The molecule has 0 fully saturated rings. The second-order valence-electron chi connectivity index (χ2n) is 7.44. The Bertz CT molecular complexity index is 1530. The molecule has 0 saturated heterocycles. The Balaban J connectivity index is 1.40. The summed E-state index contributed by atoms with van der Waals surface area (Å²) in [6.45, 7) is 0. The summed E-state index contributed by atoms with van der Waals surface area (Å²) in [6, 6.07) is 27.2. The molecule has 0 unspecified atom stereocenters. The van der Waals surface area contributed by atoms with Crippen LogP contribution in [0.1, 0.15) is 0 Å². The molecule has 0 nitrogen and oxygen atoms in total. The molecule has 4 heteroatoms. The van der Waals surface area contributed by atoms with E-state index < -0.39 is 0 Å². The average molecular weight is 455 g/mol. The lowest BCUT2D eigenvalue weighted by atomic mass is 10.1. The van der Waals surface area contributed by atoms with E-state index in [0.29, 0.717) is 0 Å². The van der Waals surface area contributed by atoms with E-state index in [2.05, 4.69) is 83.6 Å². The van der Waals surface area contributed by atoms with Crippen LogP contribution < -0.4 is 0 Å². The summed E-state index contributed by atoms with van der Waals surface area (Å²) in [5, 5.41) is 9.74. The number of benzene rings is 3. The highest BCUT2D eigenvalue weighted by molar-refractivity contribution is 7.25.